The van der Waals surface area contributed by atoms with Gasteiger partial charge in [0.25, 0.3) is 5.91 Å². The summed E-state index contributed by atoms with van der Waals surface area (Å²) in [7, 11) is 0. The smallest absolute Gasteiger partial charge is 0.326 e. The first-order valence-corrected chi connectivity index (χ1v) is 14.0. The number of hydrogen-bond donors (Lipinski definition) is 1. The molecule has 2 aromatic heterocycles. The van der Waals surface area contributed by atoms with Crippen molar-refractivity contribution in [2.45, 2.75) is 46.2 Å². The second-order valence-electron chi connectivity index (χ2n) is 10.9. The number of fused-ring (bicyclic) bond motifs is 1. The number of aromatic nitrogens is 3. The van der Waals surface area contributed by atoms with Crippen LogP contribution in [0.25, 0.3) is 11.0 Å². The monoisotopic (exact) mass is 527 g/mol. The highest BCUT2D eigenvalue weighted by Gasteiger charge is 2.32. The van der Waals surface area contributed by atoms with E-state index >= 15 is 0 Å². The maximum Gasteiger partial charge on any atom is 0.326 e. The number of hydrogen-bond acceptors (Lipinski definition) is 4. The molecule has 2 aromatic carbocycles. The van der Waals surface area contributed by atoms with Crippen molar-refractivity contribution >= 4 is 22.6 Å². The second kappa shape index (κ2) is 10.4. The molecule has 1 N–H and O–H groups in total. The first-order valence-electron chi connectivity index (χ1n) is 14.0. The number of carbonyl (C=O) groups is 1. The average Bonchev–Trinajstić information content (AvgIpc) is 3.42. The lowest BCUT2D eigenvalue weighted by Crippen LogP contribution is -2.41. The van der Waals surface area contributed by atoms with Crippen molar-refractivity contribution in [3.8, 4) is 0 Å². The number of nitrogens with zero attached hydrogens (tertiary/aromatic N) is 4. The molecule has 0 saturated carbocycles. The van der Waals surface area contributed by atoms with Crippen molar-refractivity contribution < 1.29 is 9.53 Å². The summed E-state index contributed by atoms with van der Waals surface area (Å²) in [6, 6.07) is 16.5. The van der Waals surface area contributed by atoms with E-state index in [-0.39, 0.29) is 17.6 Å². The fourth-order valence-electron chi connectivity index (χ4n) is 6.40. The summed E-state index contributed by atoms with van der Waals surface area (Å²) < 4.78 is 9.70. The quantitative estimate of drug-likeness (QED) is 0.417. The summed E-state index contributed by atoms with van der Waals surface area (Å²) in [5, 5.41) is 0. The number of H-pyrrole nitrogens is 1. The number of ether oxygens (including phenoxy) is 1. The molecular weight excluding hydrogens is 490 g/mol. The minimum absolute atomic E-state index is 0.0730. The van der Waals surface area contributed by atoms with Crippen LogP contribution >= 0.6 is 0 Å². The number of piperidine rings is 1. The molecule has 204 valence electrons. The first kappa shape index (κ1) is 25.5. The van der Waals surface area contributed by atoms with Gasteiger partial charge in [0.2, 0.25) is 0 Å². The van der Waals surface area contributed by atoms with Crippen molar-refractivity contribution in [1.29, 1.82) is 0 Å². The summed E-state index contributed by atoms with van der Waals surface area (Å²) in [4.78, 5) is 34.3. The first-order chi connectivity index (χ1) is 18.9. The summed E-state index contributed by atoms with van der Waals surface area (Å²) in [6.07, 6.45) is 1.50. The number of likely N-dealkylation sites (tertiary alicyclic amines) is 1. The van der Waals surface area contributed by atoms with Gasteiger partial charge in [0, 0.05) is 50.0 Å². The molecule has 0 spiro atoms. The SMILES string of the molecule is Cc1ccc(Cn2c(C)c(N3CCOCC3)c(C)c2C(=O)N2CCC(n3c(=O)[nH]c4ccccc43)CC2)cc1. The molecule has 4 aromatic rings. The molecule has 0 bridgehead atoms. The van der Waals surface area contributed by atoms with E-state index < -0.39 is 0 Å². The van der Waals surface area contributed by atoms with Crippen LogP contribution in [0.2, 0.25) is 0 Å². The lowest BCUT2D eigenvalue weighted by molar-refractivity contribution is 0.0683. The van der Waals surface area contributed by atoms with E-state index in [9.17, 15) is 9.59 Å². The predicted octanol–water partition coefficient (Wildman–Crippen LogP) is 4.42. The maximum absolute atomic E-state index is 14.2. The zero-order valence-electron chi connectivity index (χ0n) is 23.1. The normalized spacial score (nSPS) is 16.8. The maximum atomic E-state index is 14.2. The van der Waals surface area contributed by atoms with Gasteiger partial charge in [-0.25, -0.2) is 4.79 Å². The van der Waals surface area contributed by atoms with Gasteiger partial charge in [0.05, 0.1) is 29.9 Å². The molecule has 1 amide bonds. The Morgan fingerprint density at radius 2 is 1.64 bits per heavy atom. The Balaban J connectivity index is 1.29. The van der Waals surface area contributed by atoms with E-state index in [1.54, 1.807) is 0 Å². The highest BCUT2D eigenvalue weighted by atomic mass is 16.5. The molecule has 8 nitrogen and oxygen atoms in total. The molecule has 6 rings (SSSR count). The molecule has 8 heteroatoms. The van der Waals surface area contributed by atoms with E-state index in [1.807, 2.05) is 33.7 Å². The van der Waals surface area contributed by atoms with E-state index in [2.05, 4.69) is 59.5 Å². The molecule has 0 atom stereocenters. The third-order valence-corrected chi connectivity index (χ3v) is 8.46. The summed E-state index contributed by atoms with van der Waals surface area (Å²) in [5.41, 5.74) is 8.22. The van der Waals surface area contributed by atoms with Crippen LogP contribution in [0.4, 0.5) is 5.69 Å². The highest BCUT2D eigenvalue weighted by molar-refractivity contribution is 5.97. The minimum Gasteiger partial charge on any atom is -0.378 e. The van der Waals surface area contributed by atoms with E-state index in [0.717, 1.165) is 59.6 Å². The summed E-state index contributed by atoms with van der Waals surface area (Å²) in [6.45, 7) is 11.3. The predicted molar refractivity (Wildman–Crippen MR) is 154 cm³/mol. The van der Waals surface area contributed by atoms with Gasteiger partial charge in [0.15, 0.2) is 0 Å². The van der Waals surface area contributed by atoms with Crippen LogP contribution in [0, 0.1) is 20.8 Å². The number of amides is 1. The van der Waals surface area contributed by atoms with E-state index in [4.69, 9.17) is 4.74 Å². The summed E-state index contributed by atoms with van der Waals surface area (Å²) >= 11 is 0. The van der Waals surface area contributed by atoms with Gasteiger partial charge in [-0.3, -0.25) is 9.36 Å². The van der Waals surface area contributed by atoms with Crippen LogP contribution in [0.3, 0.4) is 0 Å². The minimum atomic E-state index is -0.0745. The van der Waals surface area contributed by atoms with Crippen LogP contribution in [0.5, 0.6) is 0 Å². The molecule has 2 aliphatic rings. The lowest BCUT2D eigenvalue weighted by atomic mass is 10.0. The third-order valence-electron chi connectivity index (χ3n) is 8.46. The third kappa shape index (κ3) is 4.67. The molecule has 0 radical (unpaired) electrons. The number of rotatable bonds is 5. The number of morpholine rings is 1. The molecule has 0 aliphatic carbocycles. The Morgan fingerprint density at radius 3 is 2.36 bits per heavy atom. The van der Waals surface area contributed by atoms with Gasteiger partial charge in [0.1, 0.15) is 5.69 Å². The number of carbonyl (C=O) groups excluding carboxylic acids is 1. The highest BCUT2D eigenvalue weighted by Crippen LogP contribution is 2.34. The topological polar surface area (TPSA) is 75.5 Å². The number of aryl methyl sites for hydroxylation is 1. The van der Waals surface area contributed by atoms with Gasteiger partial charge >= 0.3 is 5.69 Å². The van der Waals surface area contributed by atoms with Crippen molar-refractivity contribution in [1.82, 2.24) is 19.0 Å². The summed E-state index contributed by atoms with van der Waals surface area (Å²) in [5.74, 6) is 0.0759. The second-order valence-corrected chi connectivity index (χ2v) is 10.9. The molecule has 39 heavy (non-hydrogen) atoms. The molecular formula is C31H37N5O3. The van der Waals surface area contributed by atoms with Crippen LogP contribution in [-0.4, -0.2) is 64.3 Å². The van der Waals surface area contributed by atoms with Crippen LogP contribution in [0.15, 0.2) is 53.3 Å². The Hall–Kier alpha value is -3.78. The van der Waals surface area contributed by atoms with E-state index in [0.29, 0.717) is 32.8 Å². The zero-order chi connectivity index (χ0) is 27.1. The lowest BCUT2D eigenvalue weighted by Gasteiger charge is -2.33. The Kier molecular flexibility index (Phi) is 6.81. The molecule has 2 aliphatic heterocycles. The number of anilines is 1. The standard InChI is InChI=1S/C31H37N5O3/c1-21-8-10-24(11-9-21)20-35-23(3)28(33-16-18-39-19-17-33)22(2)29(35)30(37)34-14-12-25(13-15-34)36-27-7-5-4-6-26(27)32-31(36)38/h4-11,25H,12-20H2,1-3H3,(H,32,38). The number of nitrogens with one attached hydrogen (secondary N) is 1. The number of imidazole rings is 1. The van der Waals surface area contributed by atoms with Crippen molar-refractivity contribution in [2.75, 3.05) is 44.3 Å². The van der Waals surface area contributed by atoms with Crippen molar-refractivity contribution in [2.24, 2.45) is 0 Å². The van der Waals surface area contributed by atoms with Gasteiger partial charge < -0.3 is 24.1 Å². The largest absolute Gasteiger partial charge is 0.378 e. The van der Waals surface area contributed by atoms with Gasteiger partial charge in [-0.2, -0.15) is 0 Å². The number of aromatic amines is 1. The van der Waals surface area contributed by atoms with Gasteiger partial charge in [-0.1, -0.05) is 42.0 Å². The average molecular weight is 528 g/mol. The van der Waals surface area contributed by atoms with Crippen molar-refractivity contribution in [3.05, 3.63) is 87.1 Å². The van der Waals surface area contributed by atoms with E-state index in [1.165, 1.54) is 11.1 Å². The van der Waals surface area contributed by atoms with Crippen molar-refractivity contribution in [3.63, 3.8) is 0 Å². The van der Waals surface area contributed by atoms with Crippen LogP contribution in [-0.2, 0) is 11.3 Å². The molecule has 4 heterocycles. The Bertz CT molecular complexity index is 1550. The number of benzene rings is 2. The Labute approximate surface area is 228 Å². The molecule has 2 fully saturated rings. The number of para-hydroxylation sites is 2. The van der Waals surface area contributed by atoms with Crippen LogP contribution < -0.4 is 10.6 Å². The van der Waals surface area contributed by atoms with Crippen LogP contribution in [0.1, 0.15) is 51.8 Å². The zero-order valence-corrected chi connectivity index (χ0v) is 23.1. The fourth-order valence-corrected chi connectivity index (χ4v) is 6.40. The Morgan fingerprint density at radius 1 is 0.949 bits per heavy atom. The fraction of sp³-hybridized carbons (Fsp3) is 0.419. The van der Waals surface area contributed by atoms with Gasteiger partial charge in [-0.15, -0.1) is 0 Å². The molecule has 2 saturated heterocycles. The molecule has 0 unspecified atom stereocenters. The van der Waals surface area contributed by atoms with Gasteiger partial charge in [-0.05, 0) is 51.3 Å².